The van der Waals surface area contributed by atoms with Gasteiger partial charge in [-0.05, 0) is 24.9 Å². The highest BCUT2D eigenvalue weighted by Gasteiger charge is 2.15. The van der Waals surface area contributed by atoms with Gasteiger partial charge in [0.1, 0.15) is 4.88 Å². The van der Waals surface area contributed by atoms with Crippen LogP contribution in [0.5, 0.6) is 0 Å². The van der Waals surface area contributed by atoms with E-state index in [1.807, 2.05) is 13.8 Å². The summed E-state index contributed by atoms with van der Waals surface area (Å²) < 4.78 is 3.75. The summed E-state index contributed by atoms with van der Waals surface area (Å²) in [6.07, 6.45) is 0.719. The number of nitrogens with two attached hydrogens (primary N) is 1. The quantitative estimate of drug-likeness (QED) is 0.820. The molecule has 15 heavy (non-hydrogen) atoms. The van der Waals surface area contributed by atoms with Crippen LogP contribution in [-0.2, 0) is 6.42 Å². The van der Waals surface area contributed by atoms with E-state index in [1.54, 1.807) is 0 Å². The maximum absolute atomic E-state index is 11.6. The Kier molecular flexibility index (Phi) is 6.38. The molecule has 0 saturated carbocycles. The summed E-state index contributed by atoms with van der Waals surface area (Å²) in [5, 5.41) is 6.64. The summed E-state index contributed by atoms with van der Waals surface area (Å²) in [6, 6.07) is -0.0192. The van der Waals surface area contributed by atoms with Crippen LogP contribution in [0.15, 0.2) is 0 Å². The second kappa shape index (κ2) is 6.71. The van der Waals surface area contributed by atoms with Crippen molar-refractivity contribution in [3.63, 3.8) is 0 Å². The zero-order chi connectivity index (χ0) is 10.6. The minimum absolute atomic E-state index is 0. The van der Waals surface area contributed by atoms with Crippen LogP contribution in [0.4, 0.5) is 0 Å². The zero-order valence-corrected chi connectivity index (χ0v) is 10.3. The highest BCUT2D eigenvalue weighted by molar-refractivity contribution is 7.08. The summed E-state index contributed by atoms with van der Waals surface area (Å²) in [5.41, 5.74) is 6.15. The van der Waals surface area contributed by atoms with Gasteiger partial charge in [0, 0.05) is 12.6 Å². The van der Waals surface area contributed by atoms with E-state index < -0.39 is 0 Å². The molecular formula is C8H15ClN4OS. The first-order valence-corrected chi connectivity index (χ1v) is 5.28. The third-order valence-electron chi connectivity index (χ3n) is 1.83. The summed E-state index contributed by atoms with van der Waals surface area (Å²) in [6.45, 7) is 4.23. The Morgan fingerprint density at radius 3 is 2.87 bits per heavy atom. The van der Waals surface area contributed by atoms with Gasteiger partial charge >= 0.3 is 0 Å². The van der Waals surface area contributed by atoms with Crippen molar-refractivity contribution in [2.75, 3.05) is 6.54 Å². The lowest BCUT2D eigenvalue weighted by molar-refractivity contribution is 0.0944. The normalized spacial score (nSPS) is 11.7. The van der Waals surface area contributed by atoms with E-state index in [1.165, 1.54) is 0 Å². The lowest BCUT2D eigenvalue weighted by atomic mass is 10.2. The van der Waals surface area contributed by atoms with E-state index in [9.17, 15) is 4.79 Å². The van der Waals surface area contributed by atoms with Crippen molar-refractivity contribution in [3.05, 3.63) is 10.6 Å². The maximum atomic E-state index is 11.6. The number of nitrogens with zero attached hydrogens (tertiary/aromatic N) is 2. The highest BCUT2D eigenvalue weighted by Crippen LogP contribution is 2.10. The molecule has 0 aromatic carbocycles. The van der Waals surface area contributed by atoms with Gasteiger partial charge in [-0.2, -0.15) is 0 Å². The number of aryl methyl sites for hydroxylation is 1. The molecule has 0 fully saturated rings. The van der Waals surface area contributed by atoms with Crippen molar-refractivity contribution >= 4 is 29.8 Å². The van der Waals surface area contributed by atoms with E-state index in [0.717, 1.165) is 23.6 Å². The van der Waals surface area contributed by atoms with Crippen molar-refractivity contribution < 1.29 is 4.79 Å². The maximum Gasteiger partial charge on any atom is 0.265 e. The molecule has 5 nitrogen and oxygen atoms in total. The number of halogens is 1. The molecule has 1 rings (SSSR count). The average molecular weight is 251 g/mol. The number of carbonyl (C=O) groups excluding carboxylic acids is 1. The van der Waals surface area contributed by atoms with Crippen molar-refractivity contribution in [3.8, 4) is 0 Å². The Hall–Kier alpha value is -0.720. The average Bonchev–Trinajstić information content (AvgIpc) is 2.65. The number of hydrogen-bond acceptors (Lipinski definition) is 5. The van der Waals surface area contributed by atoms with Crippen LogP contribution < -0.4 is 11.1 Å². The first kappa shape index (κ1) is 14.3. The van der Waals surface area contributed by atoms with Gasteiger partial charge in [0.05, 0.1) is 5.69 Å². The van der Waals surface area contributed by atoms with Gasteiger partial charge in [0.25, 0.3) is 5.91 Å². The molecule has 0 spiro atoms. The Bertz CT molecular complexity index is 317. The molecule has 3 N–H and O–H groups in total. The first-order chi connectivity index (χ1) is 6.69. The van der Waals surface area contributed by atoms with Gasteiger partial charge < -0.3 is 11.1 Å². The number of rotatable bonds is 4. The minimum atomic E-state index is -0.130. The van der Waals surface area contributed by atoms with Crippen molar-refractivity contribution in [1.29, 1.82) is 0 Å². The molecule has 0 aliphatic carbocycles. The number of amides is 1. The smallest absolute Gasteiger partial charge is 0.265 e. The van der Waals surface area contributed by atoms with E-state index >= 15 is 0 Å². The van der Waals surface area contributed by atoms with Crippen LogP contribution in [-0.4, -0.2) is 28.1 Å². The SMILES string of the molecule is CCc1nnsc1C(=O)N[C@@H](C)CN.Cl. The van der Waals surface area contributed by atoms with Crippen LogP contribution in [0.3, 0.4) is 0 Å². The molecule has 1 heterocycles. The van der Waals surface area contributed by atoms with Crippen LogP contribution in [0, 0.1) is 0 Å². The third-order valence-corrected chi connectivity index (χ3v) is 2.59. The van der Waals surface area contributed by atoms with E-state index in [2.05, 4.69) is 14.9 Å². The monoisotopic (exact) mass is 250 g/mol. The fourth-order valence-electron chi connectivity index (χ4n) is 0.961. The molecular weight excluding hydrogens is 236 g/mol. The van der Waals surface area contributed by atoms with Gasteiger partial charge in [0.15, 0.2) is 0 Å². The molecule has 86 valence electrons. The Morgan fingerprint density at radius 1 is 1.67 bits per heavy atom. The molecule has 0 aliphatic heterocycles. The van der Waals surface area contributed by atoms with E-state index in [-0.39, 0.29) is 24.4 Å². The standard InChI is InChI=1S/C8H14N4OS.ClH/c1-3-6-7(14-12-11-6)8(13)10-5(2)4-9;/h5H,3-4,9H2,1-2H3,(H,10,13);1H/t5-;/m0./s1. The molecule has 0 radical (unpaired) electrons. The predicted octanol–water partition coefficient (Wildman–Crippen LogP) is 0.599. The Labute approximate surface area is 99.0 Å². The molecule has 0 unspecified atom stereocenters. The lowest BCUT2D eigenvalue weighted by Gasteiger charge is -2.09. The number of nitrogens with one attached hydrogen (secondary N) is 1. The zero-order valence-electron chi connectivity index (χ0n) is 8.69. The number of hydrogen-bond donors (Lipinski definition) is 2. The van der Waals surface area contributed by atoms with E-state index in [0.29, 0.717) is 11.4 Å². The third kappa shape index (κ3) is 3.73. The molecule has 1 atom stereocenters. The fraction of sp³-hybridized carbons (Fsp3) is 0.625. The van der Waals surface area contributed by atoms with Crippen molar-refractivity contribution in [2.45, 2.75) is 26.3 Å². The summed E-state index contributed by atoms with van der Waals surface area (Å²) >= 11 is 1.12. The number of aromatic nitrogens is 2. The van der Waals surface area contributed by atoms with Crippen molar-refractivity contribution in [2.24, 2.45) is 5.73 Å². The topological polar surface area (TPSA) is 80.9 Å². The van der Waals surface area contributed by atoms with Crippen molar-refractivity contribution in [1.82, 2.24) is 14.9 Å². The van der Waals surface area contributed by atoms with Crippen LogP contribution >= 0.6 is 23.9 Å². The molecule has 0 bridgehead atoms. The summed E-state index contributed by atoms with van der Waals surface area (Å²) in [7, 11) is 0. The second-order valence-corrected chi connectivity index (χ2v) is 3.77. The van der Waals surface area contributed by atoms with Crippen LogP contribution in [0.1, 0.15) is 29.2 Å². The highest BCUT2D eigenvalue weighted by atomic mass is 35.5. The second-order valence-electron chi connectivity index (χ2n) is 3.01. The van der Waals surface area contributed by atoms with Gasteiger partial charge in [-0.3, -0.25) is 4.79 Å². The predicted molar refractivity (Wildman–Crippen MR) is 62.5 cm³/mol. The molecule has 1 aromatic rings. The lowest BCUT2D eigenvalue weighted by Crippen LogP contribution is -2.37. The summed E-state index contributed by atoms with van der Waals surface area (Å²) in [5.74, 6) is -0.130. The largest absolute Gasteiger partial charge is 0.348 e. The van der Waals surface area contributed by atoms with Gasteiger partial charge in [-0.1, -0.05) is 11.4 Å². The molecule has 0 aliphatic rings. The minimum Gasteiger partial charge on any atom is -0.348 e. The van der Waals surface area contributed by atoms with Crippen LogP contribution in [0.2, 0.25) is 0 Å². The van der Waals surface area contributed by atoms with E-state index in [4.69, 9.17) is 5.73 Å². The van der Waals surface area contributed by atoms with Crippen LogP contribution in [0.25, 0.3) is 0 Å². The molecule has 0 saturated heterocycles. The molecule has 1 aromatic heterocycles. The molecule has 1 amide bonds. The Balaban J connectivity index is 0.00000196. The Morgan fingerprint density at radius 2 is 2.33 bits per heavy atom. The summed E-state index contributed by atoms with van der Waals surface area (Å²) in [4.78, 5) is 12.2. The molecule has 7 heteroatoms. The fourth-order valence-corrected chi connectivity index (χ4v) is 1.61. The van der Waals surface area contributed by atoms with Gasteiger partial charge in [-0.25, -0.2) is 0 Å². The van der Waals surface area contributed by atoms with Gasteiger partial charge in [0.2, 0.25) is 0 Å². The number of carbonyl (C=O) groups is 1. The first-order valence-electron chi connectivity index (χ1n) is 4.51. The van der Waals surface area contributed by atoms with Gasteiger partial charge in [-0.15, -0.1) is 17.5 Å².